The average Bonchev–Trinajstić information content (AvgIpc) is 2.00. The van der Waals surface area contributed by atoms with Crippen molar-refractivity contribution in [2.24, 2.45) is 5.92 Å². The summed E-state index contributed by atoms with van der Waals surface area (Å²) >= 11 is 7.99. The monoisotopic (exact) mass is 1260 g/mol. The quantitative estimate of drug-likeness (QED) is 0.0311. The highest BCUT2D eigenvalue weighted by atomic mass is 35.5. The van der Waals surface area contributed by atoms with Gasteiger partial charge in [0.05, 0.1) is 115 Å². The lowest BCUT2D eigenvalue weighted by atomic mass is 9.95. The van der Waals surface area contributed by atoms with E-state index in [1.165, 1.54) is 11.3 Å². The molecule has 4 aliphatic rings. The molecule has 24 heteroatoms. The molecule has 0 saturated heterocycles. The summed E-state index contributed by atoms with van der Waals surface area (Å²) in [6.45, 7) is 10.9. The molecule has 0 unspecified atom stereocenters. The summed E-state index contributed by atoms with van der Waals surface area (Å²) in [4.78, 5) is 62.6. The van der Waals surface area contributed by atoms with Crippen LogP contribution in [0.3, 0.4) is 0 Å². The topological polar surface area (TPSA) is 244 Å². The van der Waals surface area contributed by atoms with Crippen LogP contribution in [0.1, 0.15) is 114 Å². The Morgan fingerprint density at radius 2 is 1.35 bits per heavy atom. The second-order valence-electron chi connectivity index (χ2n) is 22.3. The van der Waals surface area contributed by atoms with Crippen LogP contribution in [-0.2, 0) is 61.1 Å². The highest BCUT2D eigenvalue weighted by Gasteiger charge is 2.40. The summed E-state index contributed by atoms with van der Waals surface area (Å²) in [7, 11) is -3.71. The third-order valence-electron chi connectivity index (χ3n) is 15.7. The number of hydrogen-bond donors (Lipinski definition) is 3. The smallest absolute Gasteiger partial charge is 0.284 e. The van der Waals surface area contributed by atoms with E-state index in [2.05, 4.69) is 37.5 Å². The van der Waals surface area contributed by atoms with Gasteiger partial charge in [-0.2, -0.15) is 0 Å². The molecule has 3 heterocycles. The van der Waals surface area contributed by atoms with Crippen LogP contribution in [0, 0.1) is 5.92 Å². The van der Waals surface area contributed by atoms with Crippen molar-refractivity contribution in [3.05, 3.63) is 123 Å². The third-order valence-corrected chi connectivity index (χ3v) is 19.0. The summed E-state index contributed by atoms with van der Waals surface area (Å²) in [6, 6.07) is 28.8. The highest BCUT2D eigenvalue weighted by molar-refractivity contribution is 7.91. The standard InChI is InChI=1S/C64H78ClN9O12S2/c1-3-66-56(75)24-25-57(76)73-42-48-8-4-5-9-51(48)58-60(53-10-6-7-11-55(53)73)74(71-69-58)27-29-82-31-33-84-35-37-86-39-38-85-36-34-83-32-30-81-28-26-67-62(77)52-23-20-49(65)40-54(52)46-16-14-45(15-17-46)43(2)72(41-44-12-13-44)64-68-59(61(87-64)47-18-19-47)63(78)70-88(79,80)50-21-22-50/h4-11,14-17,20,23,40,43-44,47,50H,3,12-13,18-19,21-22,24-39,41-42H2,1-2H3,(H,66,75)(H,67,77)(H,70,78)/t43-/m1/s1. The van der Waals surface area contributed by atoms with Crippen molar-refractivity contribution in [3.8, 4) is 33.6 Å². The van der Waals surface area contributed by atoms with Gasteiger partial charge in [0.1, 0.15) is 11.4 Å². The number of anilines is 2. The molecule has 1 atom stereocenters. The van der Waals surface area contributed by atoms with E-state index in [0.717, 1.165) is 87.1 Å². The number of amides is 4. The molecule has 0 radical (unpaired) electrons. The van der Waals surface area contributed by atoms with Gasteiger partial charge in [0.2, 0.25) is 21.8 Å². The Morgan fingerprint density at radius 1 is 0.716 bits per heavy atom. The van der Waals surface area contributed by atoms with E-state index in [9.17, 15) is 27.6 Å². The van der Waals surface area contributed by atoms with Crippen LogP contribution < -0.4 is 25.2 Å². The fourth-order valence-electron chi connectivity index (χ4n) is 10.4. The van der Waals surface area contributed by atoms with Crippen LogP contribution in [0.5, 0.6) is 0 Å². The van der Waals surface area contributed by atoms with E-state index in [0.29, 0.717) is 140 Å². The first kappa shape index (κ1) is 64.3. The van der Waals surface area contributed by atoms with Crippen molar-refractivity contribution >= 4 is 67.4 Å². The summed E-state index contributed by atoms with van der Waals surface area (Å²) < 4.78 is 63.8. The molecule has 4 aromatic carbocycles. The molecule has 470 valence electrons. The number of carbonyl (C=O) groups is 4. The van der Waals surface area contributed by atoms with E-state index in [-0.39, 0.29) is 48.2 Å². The van der Waals surface area contributed by atoms with Crippen LogP contribution in [0.25, 0.3) is 33.6 Å². The Bertz CT molecular complexity index is 3460. The molecule has 3 N–H and O–H groups in total. The predicted molar refractivity (Wildman–Crippen MR) is 336 cm³/mol. The molecule has 4 amide bonds. The van der Waals surface area contributed by atoms with Crippen LogP contribution in [0.15, 0.2) is 91.0 Å². The minimum Gasteiger partial charge on any atom is -0.377 e. The van der Waals surface area contributed by atoms with E-state index >= 15 is 0 Å². The van der Waals surface area contributed by atoms with Gasteiger partial charge in [0.15, 0.2) is 5.13 Å². The van der Waals surface area contributed by atoms with Gasteiger partial charge in [-0.3, -0.25) is 19.2 Å². The lowest BCUT2D eigenvalue weighted by molar-refractivity contribution is -0.125. The number of nitrogens with one attached hydrogen (secondary N) is 3. The predicted octanol–water partition coefficient (Wildman–Crippen LogP) is 8.76. The van der Waals surface area contributed by atoms with E-state index in [4.69, 9.17) is 45.0 Å². The van der Waals surface area contributed by atoms with Gasteiger partial charge >= 0.3 is 0 Å². The molecule has 2 aromatic heterocycles. The summed E-state index contributed by atoms with van der Waals surface area (Å²) in [6.07, 6.45) is 5.48. The maximum atomic E-state index is 13.7. The molecule has 21 nitrogen and oxygen atoms in total. The largest absolute Gasteiger partial charge is 0.377 e. The van der Waals surface area contributed by atoms with Crippen molar-refractivity contribution in [2.45, 2.75) is 95.5 Å². The van der Waals surface area contributed by atoms with Crippen molar-refractivity contribution in [2.75, 3.05) is 109 Å². The fourth-order valence-corrected chi connectivity index (χ4v) is 13.2. The Morgan fingerprint density at radius 3 is 2.00 bits per heavy atom. The first-order valence-electron chi connectivity index (χ1n) is 30.5. The van der Waals surface area contributed by atoms with E-state index in [1.807, 2.05) is 84.4 Å². The van der Waals surface area contributed by atoms with Gasteiger partial charge in [0, 0.05) is 59.1 Å². The number of sulfonamides is 1. The Balaban J connectivity index is 0.573. The molecular formula is C64H78ClN9O12S2. The number of fused-ring (bicyclic) bond motifs is 5. The van der Waals surface area contributed by atoms with Gasteiger partial charge in [-0.05, 0) is 111 Å². The number of carbonyl (C=O) groups excluding carboxylic acids is 4. The number of benzene rings is 4. The number of hydrogen-bond acceptors (Lipinski definition) is 17. The molecule has 1 aliphatic heterocycles. The van der Waals surface area contributed by atoms with Crippen LogP contribution in [-0.4, -0.2) is 156 Å². The second-order valence-corrected chi connectivity index (χ2v) is 25.7. The van der Waals surface area contributed by atoms with Gasteiger partial charge in [-0.15, -0.1) is 16.4 Å². The van der Waals surface area contributed by atoms with Crippen LogP contribution in [0.4, 0.5) is 10.8 Å². The van der Waals surface area contributed by atoms with Crippen molar-refractivity contribution in [1.82, 2.24) is 35.3 Å². The number of rotatable bonds is 36. The Hall–Kier alpha value is -6.67. The van der Waals surface area contributed by atoms with Gasteiger partial charge in [-0.25, -0.2) is 22.8 Å². The lowest BCUT2D eigenvalue weighted by Gasteiger charge is -2.29. The lowest BCUT2D eigenvalue weighted by Crippen LogP contribution is -2.34. The summed E-state index contributed by atoms with van der Waals surface area (Å²) in [5, 5.41) is 15.6. The Kier molecular flexibility index (Phi) is 22.8. The Labute approximate surface area is 523 Å². The molecule has 3 fully saturated rings. The molecular weight excluding hydrogens is 1190 g/mol. The first-order chi connectivity index (χ1) is 42.9. The molecule has 3 aliphatic carbocycles. The minimum absolute atomic E-state index is 0.0820. The zero-order chi connectivity index (χ0) is 61.4. The average molecular weight is 1260 g/mol. The van der Waals surface area contributed by atoms with Gasteiger partial charge in [-0.1, -0.05) is 83.5 Å². The van der Waals surface area contributed by atoms with Crippen LogP contribution >= 0.6 is 22.9 Å². The summed E-state index contributed by atoms with van der Waals surface area (Å²) in [5.74, 6) is -0.451. The summed E-state index contributed by atoms with van der Waals surface area (Å²) in [5.41, 5.74) is 8.16. The molecule has 3 saturated carbocycles. The third kappa shape index (κ3) is 17.4. The maximum Gasteiger partial charge on any atom is 0.284 e. The second kappa shape index (κ2) is 31.2. The molecule has 0 bridgehead atoms. The SMILES string of the molecule is CCNC(=O)CCC(=O)N1Cc2ccccc2-c2nnn(CCOCCOCCOCCOCCOCCOCCNC(=O)c3ccc(Cl)cc3-c3ccc([C@@H](C)N(CC4CC4)c4nc(C(=O)NS(=O)(=O)C5CC5)c(C5CC5)s4)cc3)c2-c2ccccc21. The van der Waals surface area contributed by atoms with Crippen molar-refractivity contribution in [3.63, 3.8) is 0 Å². The van der Waals surface area contributed by atoms with Gasteiger partial charge in [0.25, 0.3) is 11.8 Å². The number of ether oxygens (including phenoxy) is 6. The number of halogens is 1. The number of nitrogens with zero attached hydrogens (tertiary/aromatic N) is 6. The van der Waals surface area contributed by atoms with E-state index in [1.54, 1.807) is 23.1 Å². The molecule has 10 rings (SSSR count). The van der Waals surface area contributed by atoms with Crippen molar-refractivity contribution < 1.29 is 56.0 Å². The minimum atomic E-state index is -3.71. The fraction of sp³-hybridized carbons (Fsp3) is 0.484. The number of para-hydroxylation sites is 1. The number of aromatic nitrogens is 4. The first-order valence-corrected chi connectivity index (χ1v) is 33.3. The molecule has 0 spiro atoms. The number of thiazole rings is 1. The molecule has 6 aromatic rings. The van der Waals surface area contributed by atoms with Crippen molar-refractivity contribution in [1.29, 1.82) is 0 Å². The van der Waals surface area contributed by atoms with Crippen LogP contribution in [0.2, 0.25) is 5.02 Å². The molecule has 88 heavy (non-hydrogen) atoms. The zero-order valence-corrected chi connectivity index (χ0v) is 52.3. The normalized spacial score (nSPS) is 14.9. The zero-order valence-electron chi connectivity index (χ0n) is 49.9. The van der Waals surface area contributed by atoms with Gasteiger partial charge < -0.3 is 48.9 Å². The van der Waals surface area contributed by atoms with E-state index < -0.39 is 21.2 Å². The highest BCUT2D eigenvalue weighted by Crippen LogP contribution is 2.48. The maximum absolute atomic E-state index is 13.7.